The van der Waals surface area contributed by atoms with E-state index in [1.165, 1.54) is 38.5 Å². The predicted molar refractivity (Wildman–Crippen MR) is 265 cm³/mol. The van der Waals surface area contributed by atoms with Gasteiger partial charge in [-0.1, -0.05) is 101 Å². The van der Waals surface area contributed by atoms with Gasteiger partial charge in [-0.15, -0.1) is 0 Å². The molecule has 9 heteroatoms. The smallest absolute Gasteiger partial charge is 0.312 e. The molecule has 0 radical (unpaired) electrons. The number of esters is 3. The standard InChI is InChI=1S/C55H97NO8/c1-6-9-12-15-18-19-20-21-22-23-24-25-26-27-30-39-51(57)60-46-35-31-37-50(64-54(59)55(4)42-44-56(5)45-43-55)38-32-36-47-61-52(58)40-41-53(62-48-33-28-16-13-10-7-2)63-49-34-29-17-14-11-8-3/h10-11,13-14,18-19,21-22,50,53H,6-9,12,15-17,20,23-49H2,1-5H3/b13-10-,14-11-,19-18-,22-21-. The molecule has 0 saturated carbocycles. The highest BCUT2D eigenvalue weighted by Crippen LogP contribution is 2.33. The third-order valence-corrected chi connectivity index (χ3v) is 12.1. The number of hydrogen-bond donors (Lipinski definition) is 0. The van der Waals surface area contributed by atoms with Crippen molar-refractivity contribution in [1.82, 2.24) is 4.90 Å². The Balaban J connectivity index is 2.41. The maximum atomic E-state index is 13.5. The number of nitrogens with zero attached hydrogens (tertiary/aromatic N) is 1. The van der Waals surface area contributed by atoms with Crippen LogP contribution in [0.25, 0.3) is 0 Å². The first-order valence-corrected chi connectivity index (χ1v) is 26.3. The Morgan fingerprint density at radius 1 is 0.531 bits per heavy atom. The van der Waals surface area contributed by atoms with Gasteiger partial charge in [-0.25, -0.2) is 0 Å². The highest BCUT2D eigenvalue weighted by Gasteiger charge is 2.38. The van der Waals surface area contributed by atoms with Crippen LogP contribution in [0.3, 0.4) is 0 Å². The lowest BCUT2D eigenvalue weighted by Gasteiger charge is -2.36. The van der Waals surface area contributed by atoms with E-state index in [1.54, 1.807) is 0 Å². The second-order valence-electron chi connectivity index (χ2n) is 18.3. The Bertz CT molecular complexity index is 1210. The molecule has 1 aliphatic rings. The molecule has 1 heterocycles. The second kappa shape index (κ2) is 42.9. The summed E-state index contributed by atoms with van der Waals surface area (Å²) in [4.78, 5) is 40.9. The summed E-state index contributed by atoms with van der Waals surface area (Å²) < 4.78 is 29.5. The molecule has 9 nitrogen and oxygen atoms in total. The van der Waals surface area contributed by atoms with Gasteiger partial charge < -0.3 is 28.6 Å². The minimum absolute atomic E-state index is 0.110. The van der Waals surface area contributed by atoms with E-state index in [0.29, 0.717) is 52.1 Å². The van der Waals surface area contributed by atoms with Gasteiger partial charge in [-0.05, 0) is 168 Å². The molecule has 64 heavy (non-hydrogen) atoms. The summed E-state index contributed by atoms with van der Waals surface area (Å²) in [5, 5.41) is 0. The molecule has 370 valence electrons. The fraction of sp³-hybridized carbons (Fsp3) is 0.800. The minimum atomic E-state index is -0.471. The van der Waals surface area contributed by atoms with Crippen molar-refractivity contribution in [3.63, 3.8) is 0 Å². The van der Waals surface area contributed by atoms with E-state index in [0.717, 1.165) is 135 Å². The highest BCUT2D eigenvalue weighted by molar-refractivity contribution is 5.76. The van der Waals surface area contributed by atoms with Gasteiger partial charge >= 0.3 is 17.9 Å². The second-order valence-corrected chi connectivity index (χ2v) is 18.3. The fourth-order valence-corrected chi connectivity index (χ4v) is 7.59. The van der Waals surface area contributed by atoms with Crippen molar-refractivity contribution in [1.29, 1.82) is 0 Å². The summed E-state index contributed by atoms with van der Waals surface area (Å²) in [6.07, 6.45) is 45.6. The van der Waals surface area contributed by atoms with Gasteiger partial charge in [0.05, 0.1) is 25.0 Å². The van der Waals surface area contributed by atoms with E-state index in [9.17, 15) is 14.4 Å². The molecule has 1 unspecified atom stereocenters. The van der Waals surface area contributed by atoms with E-state index in [-0.39, 0.29) is 30.4 Å². The maximum Gasteiger partial charge on any atom is 0.312 e. The van der Waals surface area contributed by atoms with Crippen LogP contribution < -0.4 is 0 Å². The van der Waals surface area contributed by atoms with Crippen LogP contribution in [0.5, 0.6) is 0 Å². The molecule has 1 saturated heterocycles. The Morgan fingerprint density at radius 3 is 1.55 bits per heavy atom. The molecular weight excluding hydrogens is 803 g/mol. The lowest BCUT2D eigenvalue weighted by Crippen LogP contribution is -2.42. The lowest BCUT2D eigenvalue weighted by molar-refractivity contribution is -0.164. The molecule has 0 aromatic rings. The van der Waals surface area contributed by atoms with E-state index < -0.39 is 11.7 Å². The van der Waals surface area contributed by atoms with Crippen LogP contribution in [-0.2, 0) is 38.1 Å². The van der Waals surface area contributed by atoms with Crippen molar-refractivity contribution < 1.29 is 38.1 Å². The van der Waals surface area contributed by atoms with Gasteiger partial charge in [0.25, 0.3) is 0 Å². The lowest BCUT2D eigenvalue weighted by atomic mass is 9.80. The summed E-state index contributed by atoms with van der Waals surface area (Å²) in [6, 6.07) is 0. The summed E-state index contributed by atoms with van der Waals surface area (Å²) in [7, 11) is 2.09. The normalized spacial score (nSPS) is 15.0. The molecule has 1 aliphatic heterocycles. The number of piperidine rings is 1. The first-order valence-electron chi connectivity index (χ1n) is 26.3. The number of rotatable bonds is 43. The van der Waals surface area contributed by atoms with Gasteiger partial charge in [0.2, 0.25) is 0 Å². The number of hydrogen-bond acceptors (Lipinski definition) is 9. The van der Waals surface area contributed by atoms with Crippen molar-refractivity contribution in [2.45, 2.75) is 233 Å². The van der Waals surface area contributed by atoms with E-state index in [4.69, 9.17) is 23.7 Å². The van der Waals surface area contributed by atoms with Crippen LogP contribution in [0.15, 0.2) is 48.6 Å². The first-order chi connectivity index (χ1) is 31.2. The Hall–Kier alpha value is -2.75. The minimum Gasteiger partial charge on any atom is -0.466 e. The summed E-state index contributed by atoms with van der Waals surface area (Å²) in [6.45, 7) is 12.3. The fourth-order valence-electron chi connectivity index (χ4n) is 7.59. The maximum absolute atomic E-state index is 13.5. The summed E-state index contributed by atoms with van der Waals surface area (Å²) >= 11 is 0. The van der Waals surface area contributed by atoms with Crippen LogP contribution in [-0.4, -0.2) is 81.8 Å². The molecule has 0 spiro atoms. The molecule has 1 rings (SSSR count). The van der Waals surface area contributed by atoms with Gasteiger partial charge in [-0.3, -0.25) is 14.4 Å². The summed E-state index contributed by atoms with van der Waals surface area (Å²) in [5.41, 5.74) is -0.471. The zero-order chi connectivity index (χ0) is 46.6. The molecule has 0 bridgehead atoms. The number of carbonyl (C=O) groups is 3. The Labute approximate surface area is 392 Å². The molecule has 0 aliphatic carbocycles. The number of unbranched alkanes of at least 4 members (excludes halogenated alkanes) is 14. The quantitative estimate of drug-likeness (QED) is 0.0195. The van der Waals surface area contributed by atoms with Crippen LogP contribution in [0.4, 0.5) is 0 Å². The molecule has 0 N–H and O–H groups in total. The van der Waals surface area contributed by atoms with Crippen LogP contribution in [0, 0.1) is 5.41 Å². The molecular formula is C55H97NO8. The van der Waals surface area contributed by atoms with Crippen LogP contribution >= 0.6 is 0 Å². The molecule has 1 atom stereocenters. The molecule has 0 aromatic carbocycles. The van der Waals surface area contributed by atoms with Crippen molar-refractivity contribution in [3.05, 3.63) is 48.6 Å². The third-order valence-electron chi connectivity index (χ3n) is 12.1. The van der Waals surface area contributed by atoms with Crippen molar-refractivity contribution in [2.75, 3.05) is 46.6 Å². The third kappa shape index (κ3) is 35.5. The largest absolute Gasteiger partial charge is 0.466 e. The van der Waals surface area contributed by atoms with Gasteiger partial charge in [0.15, 0.2) is 6.29 Å². The number of likely N-dealkylation sites (tertiary alicyclic amines) is 1. The average molecular weight is 900 g/mol. The van der Waals surface area contributed by atoms with Crippen molar-refractivity contribution in [3.8, 4) is 0 Å². The monoisotopic (exact) mass is 900 g/mol. The van der Waals surface area contributed by atoms with Crippen molar-refractivity contribution in [2.24, 2.45) is 5.41 Å². The van der Waals surface area contributed by atoms with Crippen molar-refractivity contribution >= 4 is 17.9 Å². The topological polar surface area (TPSA) is 101 Å². The van der Waals surface area contributed by atoms with Crippen LogP contribution in [0.1, 0.15) is 220 Å². The Morgan fingerprint density at radius 2 is 1.00 bits per heavy atom. The van der Waals surface area contributed by atoms with E-state index in [2.05, 4.69) is 81.3 Å². The molecule has 0 amide bonds. The number of carbonyl (C=O) groups excluding carboxylic acids is 3. The predicted octanol–water partition coefficient (Wildman–Crippen LogP) is 14.3. The SMILES string of the molecule is CC/C=C\CCCCOC(CCC(=O)OCCCCC(CCCCOC(=O)CCCCCCC/C=C\C/C=C\CCCCC)OC(=O)C1(C)CCN(C)CC1)OCCCC/C=C\CC. The van der Waals surface area contributed by atoms with Gasteiger partial charge in [0, 0.05) is 26.1 Å². The average Bonchev–Trinajstić information content (AvgIpc) is 3.29. The van der Waals surface area contributed by atoms with Gasteiger partial charge in [-0.2, -0.15) is 0 Å². The number of ether oxygens (including phenoxy) is 5. The highest BCUT2D eigenvalue weighted by atomic mass is 16.7. The first kappa shape index (κ1) is 59.3. The van der Waals surface area contributed by atoms with E-state index >= 15 is 0 Å². The number of allylic oxidation sites excluding steroid dienone is 8. The molecule has 0 aromatic heterocycles. The zero-order valence-corrected chi connectivity index (χ0v) is 41.9. The van der Waals surface area contributed by atoms with Gasteiger partial charge in [0.1, 0.15) is 6.10 Å². The van der Waals surface area contributed by atoms with Crippen LogP contribution in [0.2, 0.25) is 0 Å². The zero-order valence-electron chi connectivity index (χ0n) is 41.9. The Kier molecular flexibility index (Phi) is 39.7. The van der Waals surface area contributed by atoms with E-state index in [1.807, 2.05) is 6.92 Å². The molecule has 1 fully saturated rings. The summed E-state index contributed by atoms with van der Waals surface area (Å²) in [5.74, 6) is -0.470.